The summed E-state index contributed by atoms with van der Waals surface area (Å²) in [5, 5.41) is 22.3. The van der Waals surface area contributed by atoms with Gasteiger partial charge in [0, 0.05) is 53.1 Å². The Labute approximate surface area is 244 Å². The summed E-state index contributed by atoms with van der Waals surface area (Å²) in [5.74, 6) is 1.04. The molecule has 0 radical (unpaired) electrons. The minimum absolute atomic E-state index is 0.0559. The molecule has 0 aliphatic heterocycles. The van der Waals surface area contributed by atoms with Crippen molar-refractivity contribution >= 4 is 23.2 Å². The highest BCUT2D eigenvalue weighted by molar-refractivity contribution is 6.39. The molecule has 9 heteroatoms. The van der Waals surface area contributed by atoms with Crippen molar-refractivity contribution in [1.29, 1.82) is 0 Å². The minimum atomic E-state index is 0.0559. The van der Waals surface area contributed by atoms with Crippen LogP contribution in [0.3, 0.4) is 0 Å². The maximum absolute atomic E-state index is 9.10. The number of nitrogens with one attached hydrogen (secondary N) is 1. The first-order valence-electron chi connectivity index (χ1n) is 13.1. The summed E-state index contributed by atoms with van der Waals surface area (Å²) in [6.45, 7) is 1.23. The highest BCUT2D eigenvalue weighted by atomic mass is 35.5. The Hall–Kier alpha value is -3.20. The number of hydrogen-bond acceptors (Lipinski definition) is 7. The number of ether oxygens (including phenoxy) is 2. The first-order chi connectivity index (χ1) is 19.5. The molecule has 210 valence electrons. The lowest BCUT2D eigenvalue weighted by Crippen LogP contribution is -2.18. The van der Waals surface area contributed by atoms with Gasteiger partial charge in [-0.15, -0.1) is 0 Å². The van der Waals surface area contributed by atoms with Crippen LogP contribution >= 0.6 is 23.2 Å². The zero-order chi connectivity index (χ0) is 28.5. The molecule has 2 aromatic heterocycles. The molecule has 7 nitrogen and oxygen atoms in total. The summed E-state index contributed by atoms with van der Waals surface area (Å²) in [5.41, 5.74) is 6.29. The number of aliphatic hydroxyl groups is 2. The lowest BCUT2D eigenvalue weighted by molar-refractivity contribution is 0.284. The van der Waals surface area contributed by atoms with Crippen LogP contribution in [-0.2, 0) is 13.0 Å². The molecule has 40 heavy (non-hydrogen) atoms. The number of unbranched alkanes of at least 4 members (excludes halogenated alkanes) is 1. The quantitative estimate of drug-likeness (QED) is 0.162. The highest BCUT2D eigenvalue weighted by Crippen LogP contribution is 2.42. The number of aliphatic hydroxyl groups excluding tert-OH is 2. The van der Waals surface area contributed by atoms with Gasteiger partial charge in [-0.25, -0.2) is 9.97 Å². The van der Waals surface area contributed by atoms with Gasteiger partial charge in [-0.3, -0.25) is 0 Å². The van der Waals surface area contributed by atoms with Gasteiger partial charge < -0.3 is 25.0 Å². The third kappa shape index (κ3) is 6.74. The van der Waals surface area contributed by atoms with Crippen molar-refractivity contribution in [3.05, 3.63) is 81.8 Å². The number of pyridine rings is 2. The molecule has 0 aliphatic carbocycles. The van der Waals surface area contributed by atoms with E-state index in [9.17, 15) is 0 Å². The Kier molecular flexibility index (Phi) is 10.7. The largest absolute Gasteiger partial charge is 0.481 e. The minimum Gasteiger partial charge on any atom is -0.481 e. The number of benzene rings is 2. The SMILES string of the molecule is COc1nc(-c2cccc(-c3cccc(-c4ccc(CNCCO)c(OC)n4)c3Cl)c2Cl)ccc1CCCCO. The number of hydrogen-bond donors (Lipinski definition) is 3. The normalized spacial score (nSPS) is 11.1. The number of nitrogens with zero attached hydrogens (tertiary/aromatic N) is 2. The maximum atomic E-state index is 9.10. The van der Waals surface area contributed by atoms with Gasteiger partial charge in [0.25, 0.3) is 0 Å². The third-order valence-corrected chi connectivity index (χ3v) is 7.38. The van der Waals surface area contributed by atoms with E-state index in [2.05, 4.69) is 5.32 Å². The first kappa shape index (κ1) is 29.8. The molecule has 0 aliphatic rings. The second-order valence-electron chi connectivity index (χ2n) is 9.15. The summed E-state index contributed by atoms with van der Waals surface area (Å²) in [6.07, 6.45) is 2.35. The second kappa shape index (κ2) is 14.4. The Balaban J connectivity index is 1.69. The van der Waals surface area contributed by atoms with E-state index in [1.54, 1.807) is 14.2 Å². The number of methoxy groups -OCH3 is 2. The Bertz CT molecular complexity index is 1340. The highest BCUT2D eigenvalue weighted by Gasteiger charge is 2.18. The maximum Gasteiger partial charge on any atom is 0.218 e. The molecule has 0 saturated heterocycles. The predicted octanol–water partition coefficient (Wildman–Crippen LogP) is 6.20. The van der Waals surface area contributed by atoms with Gasteiger partial charge in [0.05, 0.1) is 42.3 Å². The number of rotatable bonds is 13. The average Bonchev–Trinajstić information content (AvgIpc) is 2.98. The number of aryl methyl sites for hydroxylation is 1. The van der Waals surface area contributed by atoms with Crippen LogP contribution in [0.1, 0.15) is 24.0 Å². The van der Waals surface area contributed by atoms with E-state index < -0.39 is 0 Å². The van der Waals surface area contributed by atoms with Gasteiger partial charge in [-0.1, -0.05) is 71.7 Å². The van der Waals surface area contributed by atoms with Crippen LogP contribution < -0.4 is 14.8 Å². The smallest absolute Gasteiger partial charge is 0.218 e. The number of aromatic nitrogens is 2. The summed E-state index contributed by atoms with van der Waals surface area (Å²) < 4.78 is 11.1. The molecule has 3 N–H and O–H groups in total. The third-order valence-electron chi connectivity index (χ3n) is 6.56. The van der Waals surface area contributed by atoms with Crippen LogP contribution in [0.25, 0.3) is 33.6 Å². The van der Waals surface area contributed by atoms with Crippen LogP contribution in [0.4, 0.5) is 0 Å². The van der Waals surface area contributed by atoms with E-state index in [1.807, 2.05) is 60.7 Å². The monoisotopic (exact) mass is 581 g/mol. The van der Waals surface area contributed by atoms with Crippen molar-refractivity contribution in [3.8, 4) is 45.4 Å². The van der Waals surface area contributed by atoms with Crippen LogP contribution in [0.5, 0.6) is 11.8 Å². The van der Waals surface area contributed by atoms with E-state index in [0.717, 1.165) is 52.6 Å². The zero-order valence-electron chi connectivity index (χ0n) is 22.6. The van der Waals surface area contributed by atoms with Crippen molar-refractivity contribution in [3.63, 3.8) is 0 Å². The fourth-order valence-electron chi connectivity index (χ4n) is 4.52. The second-order valence-corrected chi connectivity index (χ2v) is 9.90. The van der Waals surface area contributed by atoms with E-state index in [4.69, 9.17) is 52.9 Å². The average molecular weight is 583 g/mol. The molecule has 0 saturated carbocycles. The molecule has 4 aromatic rings. The lowest BCUT2D eigenvalue weighted by Gasteiger charge is -2.15. The molecular weight excluding hydrogens is 549 g/mol. The Morgan fingerprint density at radius 2 is 1.20 bits per heavy atom. The van der Waals surface area contributed by atoms with Crippen LogP contribution in [0.15, 0.2) is 60.7 Å². The van der Waals surface area contributed by atoms with Crippen LogP contribution in [0.2, 0.25) is 10.0 Å². The van der Waals surface area contributed by atoms with Crippen LogP contribution in [0, 0.1) is 0 Å². The van der Waals surface area contributed by atoms with Crippen molar-refractivity contribution in [2.75, 3.05) is 34.0 Å². The molecule has 4 rings (SSSR count). The van der Waals surface area contributed by atoms with Gasteiger partial charge >= 0.3 is 0 Å². The Morgan fingerprint density at radius 1 is 0.675 bits per heavy atom. The van der Waals surface area contributed by atoms with E-state index in [-0.39, 0.29) is 13.2 Å². The lowest BCUT2D eigenvalue weighted by atomic mass is 9.98. The van der Waals surface area contributed by atoms with Gasteiger partial charge in [0.1, 0.15) is 0 Å². The van der Waals surface area contributed by atoms with Gasteiger partial charge in [0.2, 0.25) is 11.8 Å². The van der Waals surface area contributed by atoms with Gasteiger partial charge in [0.15, 0.2) is 0 Å². The molecule has 0 unspecified atom stereocenters. The van der Waals surface area contributed by atoms with Crippen molar-refractivity contribution in [2.45, 2.75) is 25.8 Å². The first-order valence-corrected chi connectivity index (χ1v) is 13.9. The molecule has 0 fully saturated rings. The van der Waals surface area contributed by atoms with E-state index in [0.29, 0.717) is 46.3 Å². The number of halogens is 2. The van der Waals surface area contributed by atoms with Crippen molar-refractivity contribution in [1.82, 2.24) is 15.3 Å². The fourth-order valence-corrected chi connectivity index (χ4v) is 5.17. The molecular formula is C31H33Cl2N3O4. The summed E-state index contributed by atoms with van der Waals surface area (Å²) in [6, 6.07) is 19.3. The fraction of sp³-hybridized carbons (Fsp3) is 0.290. The van der Waals surface area contributed by atoms with Gasteiger partial charge in [-0.2, -0.15) is 0 Å². The predicted molar refractivity (Wildman–Crippen MR) is 160 cm³/mol. The van der Waals surface area contributed by atoms with E-state index in [1.165, 1.54) is 0 Å². The molecule has 0 bridgehead atoms. The molecule has 2 heterocycles. The molecule has 0 atom stereocenters. The van der Waals surface area contributed by atoms with Crippen molar-refractivity contribution < 1.29 is 19.7 Å². The van der Waals surface area contributed by atoms with Crippen LogP contribution in [-0.4, -0.2) is 54.2 Å². The molecule has 0 spiro atoms. The zero-order valence-corrected chi connectivity index (χ0v) is 24.1. The standard InChI is InChI=1S/C31H33Cl2N3O4/c1-39-30-20(7-3-4-17-37)12-14-26(35-30)24-10-5-8-22(28(24)32)23-9-6-11-25(29(23)33)27-15-13-21(19-34-16-18-38)31(36-27)40-2/h5-6,8-15,34,37-38H,3-4,7,16-19H2,1-2H3. The van der Waals surface area contributed by atoms with Gasteiger partial charge in [-0.05, 0) is 31.4 Å². The summed E-state index contributed by atoms with van der Waals surface area (Å²) in [7, 11) is 3.18. The molecule has 2 aromatic carbocycles. The summed E-state index contributed by atoms with van der Waals surface area (Å²) >= 11 is 14.0. The van der Waals surface area contributed by atoms with E-state index >= 15 is 0 Å². The topological polar surface area (TPSA) is 96.7 Å². The Morgan fingerprint density at radius 3 is 1.73 bits per heavy atom. The summed E-state index contributed by atoms with van der Waals surface area (Å²) in [4.78, 5) is 9.43. The molecule has 0 amide bonds. The van der Waals surface area contributed by atoms with Crippen molar-refractivity contribution in [2.24, 2.45) is 0 Å².